The third-order valence-corrected chi connectivity index (χ3v) is 3.79. The van der Waals surface area contributed by atoms with Gasteiger partial charge in [-0.1, -0.05) is 11.6 Å². The molecule has 0 saturated carbocycles. The van der Waals surface area contributed by atoms with E-state index in [-0.39, 0.29) is 11.7 Å². The summed E-state index contributed by atoms with van der Waals surface area (Å²) in [6.45, 7) is 1.76. The normalized spacial score (nSPS) is 11.0. The Hall–Kier alpha value is -3.06. The Balaban J connectivity index is 1.79. The van der Waals surface area contributed by atoms with Gasteiger partial charge in [-0.25, -0.2) is 14.5 Å². The Morgan fingerprint density at radius 2 is 1.92 bits per heavy atom. The van der Waals surface area contributed by atoms with Gasteiger partial charge in [0.1, 0.15) is 11.0 Å². The van der Waals surface area contributed by atoms with Gasteiger partial charge in [-0.2, -0.15) is 10.2 Å². The Kier molecular flexibility index (Phi) is 4.85. The number of benzene rings is 1. The summed E-state index contributed by atoms with van der Waals surface area (Å²) in [6.07, 6.45) is 4.46. The van der Waals surface area contributed by atoms with Gasteiger partial charge in [-0.15, -0.1) is 0 Å². The number of carbonyl (C=O) groups is 1. The molecule has 2 aromatic heterocycles. The standard InChI is InChI=1S/C17H13ClFN5O/c1-11-15(10-21-22-17(25)12-6-8-20-9-7-12)16(18)24(23-11)14-4-2-13(19)3-5-14/h2-10H,1H3,(H,22,25)/b21-10+. The molecule has 8 heteroatoms. The number of halogens is 2. The lowest BCUT2D eigenvalue weighted by Gasteiger charge is -2.02. The van der Waals surface area contributed by atoms with E-state index in [1.54, 1.807) is 31.2 Å². The van der Waals surface area contributed by atoms with Crippen molar-refractivity contribution >= 4 is 23.7 Å². The van der Waals surface area contributed by atoms with E-state index in [0.717, 1.165) is 0 Å². The Labute approximate surface area is 148 Å². The summed E-state index contributed by atoms with van der Waals surface area (Å²) in [5.74, 6) is -0.706. The Morgan fingerprint density at radius 1 is 1.24 bits per heavy atom. The fourth-order valence-corrected chi connectivity index (χ4v) is 2.46. The quantitative estimate of drug-likeness (QED) is 0.576. The fraction of sp³-hybridized carbons (Fsp3) is 0.0588. The van der Waals surface area contributed by atoms with Crippen molar-refractivity contribution in [2.24, 2.45) is 5.10 Å². The lowest BCUT2D eigenvalue weighted by atomic mass is 10.2. The van der Waals surface area contributed by atoms with Gasteiger partial charge in [0.25, 0.3) is 5.91 Å². The zero-order valence-corrected chi connectivity index (χ0v) is 13.9. The van der Waals surface area contributed by atoms with Gasteiger partial charge < -0.3 is 0 Å². The predicted molar refractivity (Wildman–Crippen MR) is 92.6 cm³/mol. The predicted octanol–water partition coefficient (Wildman–Crippen LogP) is 3.13. The molecule has 1 aromatic carbocycles. The van der Waals surface area contributed by atoms with Gasteiger partial charge in [0, 0.05) is 18.0 Å². The minimum Gasteiger partial charge on any atom is -0.267 e. The van der Waals surface area contributed by atoms with E-state index in [0.29, 0.717) is 27.7 Å². The molecule has 0 saturated heterocycles. The van der Waals surface area contributed by atoms with Crippen molar-refractivity contribution in [3.63, 3.8) is 0 Å². The van der Waals surface area contributed by atoms with Gasteiger partial charge in [0.2, 0.25) is 0 Å². The molecule has 0 aliphatic carbocycles. The molecule has 0 atom stereocenters. The average molecular weight is 358 g/mol. The topological polar surface area (TPSA) is 72.2 Å². The van der Waals surface area contributed by atoms with Crippen LogP contribution in [0.1, 0.15) is 21.6 Å². The Morgan fingerprint density at radius 3 is 2.60 bits per heavy atom. The van der Waals surface area contributed by atoms with Crippen LogP contribution in [0.5, 0.6) is 0 Å². The molecule has 25 heavy (non-hydrogen) atoms. The summed E-state index contributed by atoms with van der Waals surface area (Å²) in [6, 6.07) is 8.95. The largest absolute Gasteiger partial charge is 0.271 e. The highest BCUT2D eigenvalue weighted by Gasteiger charge is 2.13. The highest BCUT2D eigenvalue weighted by atomic mass is 35.5. The molecule has 126 valence electrons. The smallest absolute Gasteiger partial charge is 0.267 e. The van der Waals surface area contributed by atoms with E-state index in [2.05, 4.69) is 20.6 Å². The van der Waals surface area contributed by atoms with Crippen molar-refractivity contribution in [2.75, 3.05) is 0 Å². The van der Waals surface area contributed by atoms with Crippen molar-refractivity contribution in [1.82, 2.24) is 20.2 Å². The van der Waals surface area contributed by atoms with Crippen LogP contribution in [0.3, 0.4) is 0 Å². The lowest BCUT2D eigenvalue weighted by Crippen LogP contribution is -2.17. The average Bonchev–Trinajstić information content (AvgIpc) is 2.91. The van der Waals surface area contributed by atoms with Gasteiger partial charge in [-0.3, -0.25) is 9.78 Å². The number of amides is 1. The van der Waals surface area contributed by atoms with Gasteiger partial charge in [0.05, 0.1) is 23.2 Å². The van der Waals surface area contributed by atoms with Gasteiger partial charge in [-0.05, 0) is 43.3 Å². The SMILES string of the molecule is Cc1nn(-c2ccc(F)cc2)c(Cl)c1/C=N/NC(=O)c1ccncc1. The number of rotatable bonds is 4. The van der Waals surface area contributed by atoms with Crippen LogP contribution in [0.15, 0.2) is 53.9 Å². The number of pyridine rings is 1. The van der Waals surface area contributed by atoms with E-state index >= 15 is 0 Å². The molecule has 0 unspecified atom stereocenters. The number of carbonyl (C=O) groups excluding carboxylic acids is 1. The summed E-state index contributed by atoms with van der Waals surface area (Å²) in [5.41, 5.74) is 4.66. The number of nitrogens with zero attached hydrogens (tertiary/aromatic N) is 4. The van der Waals surface area contributed by atoms with Crippen LogP contribution in [0.2, 0.25) is 5.15 Å². The molecule has 3 aromatic rings. The minimum atomic E-state index is -0.363. The molecular formula is C17H13ClFN5O. The van der Waals surface area contributed by atoms with E-state index in [1.807, 2.05) is 0 Å². The summed E-state index contributed by atoms with van der Waals surface area (Å²) < 4.78 is 14.5. The second-order valence-corrected chi connectivity index (χ2v) is 5.47. The first-order valence-corrected chi connectivity index (χ1v) is 7.68. The van der Waals surface area contributed by atoms with Crippen LogP contribution in [-0.4, -0.2) is 26.9 Å². The highest BCUT2D eigenvalue weighted by Crippen LogP contribution is 2.22. The summed E-state index contributed by atoms with van der Waals surface area (Å²) >= 11 is 6.33. The van der Waals surface area contributed by atoms with E-state index in [4.69, 9.17) is 11.6 Å². The fourth-order valence-electron chi connectivity index (χ4n) is 2.13. The van der Waals surface area contributed by atoms with E-state index in [1.165, 1.54) is 35.4 Å². The molecule has 3 rings (SSSR count). The first-order valence-electron chi connectivity index (χ1n) is 7.31. The van der Waals surface area contributed by atoms with Gasteiger partial charge >= 0.3 is 0 Å². The highest BCUT2D eigenvalue weighted by molar-refractivity contribution is 6.32. The number of hydrazone groups is 1. The summed E-state index contributed by atoms with van der Waals surface area (Å²) in [4.78, 5) is 15.8. The molecule has 6 nitrogen and oxygen atoms in total. The molecule has 0 bridgehead atoms. The summed E-state index contributed by atoms with van der Waals surface area (Å²) in [7, 11) is 0. The van der Waals surface area contributed by atoms with Crippen molar-refractivity contribution in [1.29, 1.82) is 0 Å². The first kappa shape index (κ1) is 16.8. The molecule has 0 aliphatic heterocycles. The minimum absolute atomic E-state index is 0.311. The molecule has 0 spiro atoms. The van der Waals surface area contributed by atoms with E-state index < -0.39 is 0 Å². The molecule has 2 heterocycles. The van der Waals surface area contributed by atoms with Crippen LogP contribution in [-0.2, 0) is 0 Å². The van der Waals surface area contributed by atoms with Gasteiger partial charge in [0.15, 0.2) is 0 Å². The van der Waals surface area contributed by atoms with Crippen molar-refractivity contribution in [3.05, 3.63) is 76.6 Å². The Bertz CT molecular complexity index is 922. The van der Waals surface area contributed by atoms with Crippen LogP contribution in [0.25, 0.3) is 5.69 Å². The van der Waals surface area contributed by atoms with Crippen molar-refractivity contribution < 1.29 is 9.18 Å². The van der Waals surface area contributed by atoms with Crippen LogP contribution in [0.4, 0.5) is 4.39 Å². The number of hydrogen-bond acceptors (Lipinski definition) is 4. The second-order valence-electron chi connectivity index (χ2n) is 5.11. The van der Waals surface area contributed by atoms with E-state index in [9.17, 15) is 9.18 Å². The summed E-state index contributed by atoms with van der Waals surface area (Å²) in [5, 5.41) is 8.55. The number of hydrogen-bond donors (Lipinski definition) is 1. The number of nitrogens with one attached hydrogen (secondary N) is 1. The third kappa shape index (κ3) is 3.72. The zero-order valence-electron chi connectivity index (χ0n) is 13.1. The van der Waals surface area contributed by atoms with Crippen molar-refractivity contribution in [2.45, 2.75) is 6.92 Å². The maximum atomic E-state index is 13.0. The van der Waals surface area contributed by atoms with Crippen molar-refractivity contribution in [3.8, 4) is 5.69 Å². The van der Waals surface area contributed by atoms with Crippen LogP contribution >= 0.6 is 11.6 Å². The van der Waals surface area contributed by atoms with Crippen LogP contribution < -0.4 is 5.43 Å². The monoisotopic (exact) mass is 357 g/mol. The first-order chi connectivity index (χ1) is 12.1. The van der Waals surface area contributed by atoms with Crippen LogP contribution in [0, 0.1) is 12.7 Å². The molecule has 0 radical (unpaired) electrons. The molecule has 0 fully saturated rings. The maximum absolute atomic E-state index is 13.0. The number of aryl methyl sites for hydroxylation is 1. The molecule has 0 aliphatic rings. The molecule has 1 amide bonds. The zero-order chi connectivity index (χ0) is 17.8. The molecular weight excluding hydrogens is 345 g/mol. The molecule has 1 N–H and O–H groups in total. The lowest BCUT2D eigenvalue weighted by molar-refractivity contribution is 0.0955. The number of aromatic nitrogens is 3. The second kappa shape index (κ2) is 7.23. The maximum Gasteiger partial charge on any atom is 0.271 e. The third-order valence-electron chi connectivity index (χ3n) is 3.42.